The average Bonchev–Trinajstić information content (AvgIpc) is 2.49. The predicted octanol–water partition coefficient (Wildman–Crippen LogP) is 3.71. The number of allylic oxidation sites excluding steroid dienone is 1. The van der Waals surface area contributed by atoms with E-state index in [1.807, 2.05) is 24.3 Å². The van der Waals surface area contributed by atoms with E-state index in [1.165, 1.54) is 0 Å². The Balaban J connectivity index is 1.75. The van der Waals surface area contributed by atoms with Crippen molar-refractivity contribution in [2.45, 2.75) is 25.8 Å². The maximum Gasteiger partial charge on any atom is 0.414 e. The summed E-state index contributed by atoms with van der Waals surface area (Å²) in [5.41, 5.74) is 0.730. The number of hydrogen-bond donors (Lipinski definition) is 2. The molecule has 0 saturated carbocycles. The lowest BCUT2D eigenvalue weighted by Crippen LogP contribution is -2.47. The molecule has 1 heterocycles. The molecular weight excluding hydrogens is 362 g/mol. The number of halogens is 1. The monoisotopic (exact) mass is 381 g/mol. The van der Waals surface area contributed by atoms with Crippen LogP contribution in [-0.2, 0) is 4.74 Å². The molecule has 1 saturated heterocycles. The van der Waals surface area contributed by atoms with E-state index in [0.29, 0.717) is 31.7 Å². The number of ether oxygens (including phenoxy) is 1. The van der Waals surface area contributed by atoms with Crippen LogP contribution in [-0.4, -0.2) is 36.2 Å². The van der Waals surface area contributed by atoms with Crippen LogP contribution in [0.1, 0.15) is 19.8 Å². The third-order valence-corrected chi connectivity index (χ3v) is 3.98. The first kappa shape index (κ1) is 17.3. The predicted molar refractivity (Wildman–Crippen MR) is 92.2 cm³/mol. The summed E-state index contributed by atoms with van der Waals surface area (Å²) in [6.07, 6.45) is 1.01. The van der Waals surface area contributed by atoms with Gasteiger partial charge in [-0.15, -0.1) is 0 Å². The second-order valence-corrected chi connectivity index (χ2v) is 6.35. The fourth-order valence-corrected chi connectivity index (χ4v) is 2.57. The van der Waals surface area contributed by atoms with Gasteiger partial charge in [-0.05, 0) is 44.0 Å². The molecule has 6 nitrogen and oxygen atoms in total. The first-order chi connectivity index (χ1) is 10.9. The van der Waals surface area contributed by atoms with Gasteiger partial charge in [-0.1, -0.05) is 22.5 Å². The minimum atomic E-state index is -0.379. The van der Waals surface area contributed by atoms with Crippen LogP contribution >= 0.6 is 15.9 Å². The average molecular weight is 382 g/mol. The summed E-state index contributed by atoms with van der Waals surface area (Å²) < 4.78 is 5.94. The number of anilines is 1. The summed E-state index contributed by atoms with van der Waals surface area (Å²) in [5, 5.41) is 5.71. The maximum absolute atomic E-state index is 12.0. The largest absolute Gasteiger partial charge is 0.416 e. The quantitative estimate of drug-likeness (QED) is 0.784. The van der Waals surface area contributed by atoms with E-state index in [4.69, 9.17) is 4.74 Å². The number of carbonyl (C=O) groups is 2. The highest BCUT2D eigenvalue weighted by Gasteiger charge is 2.24. The topological polar surface area (TPSA) is 70.7 Å². The highest BCUT2D eigenvalue weighted by Crippen LogP contribution is 2.15. The standard InChI is InChI=1S/C16H20BrN3O3/c1-11(2)23-16(22)20-9-7-14(8-10-20)19-15(21)18-13-5-3-12(17)4-6-13/h3-6,14H,1,7-10H2,2H3,(H2,18,19,21). The Morgan fingerprint density at radius 3 is 2.43 bits per heavy atom. The Morgan fingerprint density at radius 1 is 1.26 bits per heavy atom. The molecule has 7 heteroatoms. The molecule has 1 aromatic carbocycles. The number of likely N-dealkylation sites (tertiary alicyclic amines) is 1. The summed E-state index contributed by atoms with van der Waals surface area (Å²) in [6.45, 7) is 6.29. The molecule has 2 N–H and O–H groups in total. The van der Waals surface area contributed by atoms with Crippen molar-refractivity contribution in [3.05, 3.63) is 41.1 Å². The maximum atomic E-state index is 12.0. The van der Waals surface area contributed by atoms with Crippen LogP contribution in [0.5, 0.6) is 0 Å². The number of nitrogens with one attached hydrogen (secondary N) is 2. The van der Waals surface area contributed by atoms with Crippen molar-refractivity contribution in [1.82, 2.24) is 10.2 Å². The van der Waals surface area contributed by atoms with Crippen molar-refractivity contribution >= 4 is 33.7 Å². The fraction of sp³-hybridized carbons (Fsp3) is 0.375. The zero-order valence-corrected chi connectivity index (χ0v) is 14.6. The molecular formula is C16H20BrN3O3. The van der Waals surface area contributed by atoms with Gasteiger partial charge in [0.15, 0.2) is 0 Å². The Bertz CT molecular complexity index is 581. The van der Waals surface area contributed by atoms with Gasteiger partial charge in [0.1, 0.15) is 0 Å². The summed E-state index contributed by atoms with van der Waals surface area (Å²) in [7, 11) is 0. The van der Waals surface area contributed by atoms with Gasteiger partial charge in [0.05, 0.1) is 5.76 Å². The van der Waals surface area contributed by atoms with E-state index in [0.717, 1.165) is 10.2 Å². The van der Waals surface area contributed by atoms with E-state index in [9.17, 15) is 9.59 Å². The Hall–Kier alpha value is -2.02. The summed E-state index contributed by atoms with van der Waals surface area (Å²) in [5.74, 6) is 0.379. The number of carbonyl (C=O) groups excluding carboxylic acids is 2. The first-order valence-corrected chi connectivity index (χ1v) is 8.18. The van der Waals surface area contributed by atoms with Crippen molar-refractivity contribution in [2.24, 2.45) is 0 Å². The number of hydrogen-bond acceptors (Lipinski definition) is 3. The van der Waals surface area contributed by atoms with Crippen molar-refractivity contribution in [2.75, 3.05) is 18.4 Å². The van der Waals surface area contributed by atoms with Crippen molar-refractivity contribution < 1.29 is 14.3 Å². The molecule has 0 aliphatic carbocycles. The molecule has 0 atom stereocenters. The van der Waals surface area contributed by atoms with Crippen molar-refractivity contribution in [3.8, 4) is 0 Å². The zero-order valence-electron chi connectivity index (χ0n) is 13.0. The second kappa shape index (κ2) is 8.01. The van der Waals surface area contributed by atoms with Gasteiger partial charge in [-0.2, -0.15) is 0 Å². The third-order valence-electron chi connectivity index (χ3n) is 3.45. The number of nitrogens with zero attached hydrogens (tertiary/aromatic N) is 1. The molecule has 0 bridgehead atoms. The number of piperidine rings is 1. The Labute approximate surface area is 144 Å². The molecule has 1 aliphatic rings. The van der Waals surface area contributed by atoms with Gasteiger partial charge in [-0.3, -0.25) is 0 Å². The minimum absolute atomic E-state index is 0.0410. The van der Waals surface area contributed by atoms with Crippen LogP contribution in [0.25, 0.3) is 0 Å². The lowest BCUT2D eigenvalue weighted by Gasteiger charge is -2.31. The molecule has 1 aliphatic heterocycles. The molecule has 124 valence electrons. The smallest absolute Gasteiger partial charge is 0.414 e. The molecule has 0 unspecified atom stereocenters. The number of rotatable bonds is 3. The van der Waals surface area contributed by atoms with Crippen LogP contribution in [0.4, 0.5) is 15.3 Å². The highest BCUT2D eigenvalue weighted by molar-refractivity contribution is 9.10. The SMILES string of the molecule is C=C(C)OC(=O)N1CCC(NC(=O)Nc2ccc(Br)cc2)CC1. The van der Waals surface area contributed by atoms with Crippen molar-refractivity contribution in [1.29, 1.82) is 0 Å². The molecule has 0 radical (unpaired) electrons. The van der Waals surface area contributed by atoms with Crippen LogP contribution in [0, 0.1) is 0 Å². The first-order valence-electron chi connectivity index (χ1n) is 7.39. The molecule has 0 spiro atoms. The van der Waals surface area contributed by atoms with Crippen LogP contribution in [0.3, 0.4) is 0 Å². The van der Waals surface area contributed by atoms with Crippen LogP contribution < -0.4 is 10.6 Å². The van der Waals surface area contributed by atoms with Gasteiger partial charge in [-0.25, -0.2) is 9.59 Å². The Morgan fingerprint density at radius 2 is 1.87 bits per heavy atom. The zero-order chi connectivity index (χ0) is 16.8. The lowest BCUT2D eigenvalue weighted by atomic mass is 10.1. The van der Waals surface area contributed by atoms with E-state index in [-0.39, 0.29) is 18.2 Å². The summed E-state index contributed by atoms with van der Waals surface area (Å²) >= 11 is 3.35. The van der Waals surface area contributed by atoms with Gasteiger partial charge in [0.2, 0.25) is 0 Å². The number of urea groups is 1. The van der Waals surface area contributed by atoms with Gasteiger partial charge >= 0.3 is 12.1 Å². The summed E-state index contributed by atoms with van der Waals surface area (Å²) in [6, 6.07) is 7.16. The Kier molecular flexibility index (Phi) is 6.04. The molecule has 2 rings (SSSR count). The van der Waals surface area contributed by atoms with Gasteiger partial charge in [0.25, 0.3) is 0 Å². The molecule has 0 aromatic heterocycles. The molecule has 3 amide bonds. The van der Waals surface area contributed by atoms with Crippen LogP contribution in [0.2, 0.25) is 0 Å². The summed E-state index contributed by atoms with van der Waals surface area (Å²) in [4.78, 5) is 25.3. The van der Waals surface area contributed by atoms with Crippen LogP contribution in [0.15, 0.2) is 41.1 Å². The normalized spacial score (nSPS) is 15.0. The fourth-order valence-electron chi connectivity index (χ4n) is 2.31. The number of amides is 3. The second-order valence-electron chi connectivity index (χ2n) is 5.44. The van der Waals surface area contributed by atoms with E-state index in [2.05, 4.69) is 33.1 Å². The third kappa shape index (κ3) is 5.59. The molecule has 1 aromatic rings. The van der Waals surface area contributed by atoms with E-state index < -0.39 is 0 Å². The van der Waals surface area contributed by atoms with Gasteiger partial charge < -0.3 is 20.3 Å². The highest BCUT2D eigenvalue weighted by atomic mass is 79.9. The molecule has 1 fully saturated rings. The van der Waals surface area contributed by atoms with E-state index >= 15 is 0 Å². The number of benzene rings is 1. The minimum Gasteiger partial charge on any atom is -0.416 e. The van der Waals surface area contributed by atoms with Crippen molar-refractivity contribution in [3.63, 3.8) is 0 Å². The van der Waals surface area contributed by atoms with Gasteiger partial charge in [0, 0.05) is 29.3 Å². The lowest BCUT2D eigenvalue weighted by molar-refractivity contribution is 0.115. The molecule has 23 heavy (non-hydrogen) atoms. The van der Waals surface area contributed by atoms with E-state index in [1.54, 1.807) is 11.8 Å².